The second kappa shape index (κ2) is 69.9. The summed E-state index contributed by atoms with van der Waals surface area (Å²) in [6.07, 6.45) is 83.5. The maximum absolute atomic E-state index is 12.9. The topological polar surface area (TPSA) is 78.9 Å². The van der Waals surface area contributed by atoms with E-state index >= 15 is 0 Å². The molecule has 0 aliphatic rings. The first-order valence-electron chi connectivity index (χ1n) is 37.0. The largest absolute Gasteiger partial charge is 0.462 e. The highest BCUT2D eigenvalue weighted by atomic mass is 16.6. The summed E-state index contributed by atoms with van der Waals surface area (Å²) in [7, 11) is 0. The molecule has 0 spiro atoms. The van der Waals surface area contributed by atoms with Gasteiger partial charge in [0, 0.05) is 19.3 Å². The van der Waals surface area contributed by atoms with Gasteiger partial charge in [0.2, 0.25) is 0 Å². The first-order valence-corrected chi connectivity index (χ1v) is 37.0. The zero-order valence-electron chi connectivity index (χ0n) is 54.9. The lowest BCUT2D eigenvalue weighted by Gasteiger charge is -2.18. The highest BCUT2D eigenvalue weighted by Gasteiger charge is 2.20. The third-order valence-electron chi connectivity index (χ3n) is 17.4. The molecule has 0 rings (SSSR count). The zero-order chi connectivity index (χ0) is 57.8. The van der Waals surface area contributed by atoms with Crippen LogP contribution in [-0.4, -0.2) is 37.2 Å². The van der Waals surface area contributed by atoms with Gasteiger partial charge in [0.15, 0.2) is 6.10 Å². The maximum Gasteiger partial charge on any atom is 0.306 e. The predicted octanol–water partition coefficient (Wildman–Crippen LogP) is 25.4. The summed E-state index contributed by atoms with van der Waals surface area (Å²) in [5.41, 5.74) is 0. The number of carbonyl (C=O) groups is 3. The quantitative estimate of drug-likeness (QED) is 0.0343. The van der Waals surface area contributed by atoms with Crippen LogP contribution in [0.3, 0.4) is 0 Å². The zero-order valence-corrected chi connectivity index (χ0v) is 54.9. The van der Waals surface area contributed by atoms with E-state index in [4.69, 9.17) is 14.2 Å². The first kappa shape index (κ1) is 78.4. The number of carbonyl (C=O) groups excluding carboxylic acids is 3. The standard InChI is InChI=1S/C74H144O6/c1-4-7-10-13-16-18-20-22-24-26-28-30-32-33-34-35-36-37-38-39-40-41-43-44-46-48-50-52-54-56-58-61-64-67-73(76)79-70-71(69-78-72(75)66-63-60-15-12-9-6-3)80-74(77)68-65-62-59-57-55-53-51-49-47-45-42-31-29-27-25-23-21-19-17-14-11-8-5-2/h71H,4-70H2,1-3H3. The van der Waals surface area contributed by atoms with Gasteiger partial charge in [-0.15, -0.1) is 0 Å². The molecule has 0 aliphatic heterocycles. The van der Waals surface area contributed by atoms with Crippen LogP contribution in [0, 0.1) is 0 Å². The van der Waals surface area contributed by atoms with Gasteiger partial charge in [-0.25, -0.2) is 0 Å². The van der Waals surface area contributed by atoms with E-state index in [1.54, 1.807) is 0 Å². The van der Waals surface area contributed by atoms with Crippen molar-refractivity contribution < 1.29 is 28.6 Å². The molecule has 0 saturated carbocycles. The average molecular weight is 1130 g/mol. The first-order chi connectivity index (χ1) is 39.5. The van der Waals surface area contributed by atoms with Crippen molar-refractivity contribution in [2.45, 2.75) is 444 Å². The van der Waals surface area contributed by atoms with E-state index in [9.17, 15) is 14.4 Å². The van der Waals surface area contributed by atoms with E-state index in [-0.39, 0.29) is 31.1 Å². The summed E-state index contributed by atoms with van der Waals surface area (Å²) in [5.74, 6) is -0.836. The molecule has 6 nitrogen and oxygen atoms in total. The fourth-order valence-corrected chi connectivity index (χ4v) is 11.8. The van der Waals surface area contributed by atoms with Crippen molar-refractivity contribution >= 4 is 17.9 Å². The van der Waals surface area contributed by atoms with Crippen LogP contribution < -0.4 is 0 Å². The monoisotopic (exact) mass is 1130 g/mol. The minimum atomic E-state index is -0.761. The number of rotatable bonds is 70. The van der Waals surface area contributed by atoms with Crippen LogP contribution in [0.15, 0.2) is 0 Å². The predicted molar refractivity (Wildman–Crippen MR) is 349 cm³/mol. The van der Waals surface area contributed by atoms with E-state index in [1.807, 2.05) is 0 Å². The number of hydrogen-bond donors (Lipinski definition) is 0. The van der Waals surface area contributed by atoms with Crippen LogP contribution in [-0.2, 0) is 28.6 Å². The van der Waals surface area contributed by atoms with E-state index in [1.165, 1.54) is 340 Å². The Hall–Kier alpha value is -1.59. The van der Waals surface area contributed by atoms with Crippen LogP contribution in [0.2, 0.25) is 0 Å². The molecule has 0 N–H and O–H groups in total. The van der Waals surface area contributed by atoms with Crippen molar-refractivity contribution in [2.24, 2.45) is 0 Å². The molecule has 0 saturated heterocycles. The minimum Gasteiger partial charge on any atom is -0.462 e. The van der Waals surface area contributed by atoms with Crippen LogP contribution >= 0.6 is 0 Å². The SMILES string of the molecule is CCCCCCCCCCCCCCCCCCCCCCCCCCCCCCCCCCCC(=O)OCC(COC(=O)CCCCCCCC)OC(=O)CCCCCCCCCCCCCCCCCCCCCCCCC. The Balaban J connectivity index is 3.88. The number of hydrogen-bond acceptors (Lipinski definition) is 6. The van der Waals surface area contributed by atoms with Gasteiger partial charge >= 0.3 is 17.9 Å². The van der Waals surface area contributed by atoms with E-state index in [2.05, 4.69) is 20.8 Å². The Kier molecular flexibility index (Phi) is 68.5. The van der Waals surface area contributed by atoms with Crippen molar-refractivity contribution in [1.82, 2.24) is 0 Å². The van der Waals surface area contributed by atoms with Crippen LogP contribution in [0.5, 0.6) is 0 Å². The fourth-order valence-electron chi connectivity index (χ4n) is 11.8. The molecule has 6 heteroatoms. The molecule has 0 aromatic heterocycles. The van der Waals surface area contributed by atoms with E-state index < -0.39 is 6.10 Å². The highest BCUT2D eigenvalue weighted by Crippen LogP contribution is 2.20. The summed E-state index contributed by atoms with van der Waals surface area (Å²) < 4.78 is 16.9. The van der Waals surface area contributed by atoms with Crippen molar-refractivity contribution in [2.75, 3.05) is 13.2 Å². The van der Waals surface area contributed by atoms with Gasteiger partial charge in [-0.05, 0) is 19.3 Å². The number of esters is 3. The summed E-state index contributed by atoms with van der Waals surface area (Å²) in [6, 6.07) is 0. The second-order valence-corrected chi connectivity index (χ2v) is 25.6. The molecule has 0 aromatic carbocycles. The molecule has 0 heterocycles. The van der Waals surface area contributed by atoms with Gasteiger partial charge in [0.05, 0.1) is 0 Å². The minimum absolute atomic E-state index is 0.0616. The Labute approximate surface area is 501 Å². The molecule has 476 valence electrons. The van der Waals surface area contributed by atoms with Gasteiger partial charge in [0.1, 0.15) is 13.2 Å². The molecule has 0 fully saturated rings. The average Bonchev–Trinajstić information content (AvgIpc) is 3.46. The summed E-state index contributed by atoms with van der Waals surface area (Å²) in [4.78, 5) is 38.1. The Morgan fingerprint density at radius 2 is 0.338 bits per heavy atom. The molecule has 0 aliphatic carbocycles. The van der Waals surface area contributed by atoms with E-state index in [0.717, 1.165) is 57.8 Å². The summed E-state index contributed by atoms with van der Waals surface area (Å²) in [5, 5.41) is 0. The summed E-state index contributed by atoms with van der Waals surface area (Å²) >= 11 is 0. The molecule has 1 atom stereocenters. The van der Waals surface area contributed by atoms with Gasteiger partial charge in [0.25, 0.3) is 0 Å². The molecular formula is C74H144O6. The van der Waals surface area contributed by atoms with E-state index in [0.29, 0.717) is 19.3 Å². The number of ether oxygens (including phenoxy) is 3. The van der Waals surface area contributed by atoms with Crippen LogP contribution in [0.1, 0.15) is 438 Å². The maximum atomic E-state index is 12.9. The summed E-state index contributed by atoms with van der Waals surface area (Å²) in [6.45, 7) is 6.68. The van der Waals surface area contributed by atoms with Crippen molar-refractivity contribution in [3.05, 3.63) is 0 Å². The molecule has 80 heavy (non-hydrogen) atoms. The molecule has 1 unspecified atom stereocenters. The molecule has 0 aromatic rings. The van der Waals surface area contributed by atoms with Crippen LogP contribution in [0.25, 0.3) is 0 Å². The van der Waals surface area contributed by atoms with Gasteiger partial charge in [-0.3, -0.25) is 14.4 Å². The lowest BCUT2D eigenvalue weighted by atomic mass is 10.0. The Bertz CT molecular complexity index is 1200. The van der Waals surface area contributed by atoms with Gasteiger partial charge in [-0.2, -0.15) is 0 Å². The molecule has 0 bridgehead atoms. The smallest absolute Gasteiger partial charge is 0.306 e. The normalized spacial score (nSPS) is 11.9. The van der Waals surface area contributed by atoms with Crippen molar-refractivity contribution in [1.29, 1.82) is 0 Å². The lowest BCUT2D eigenvalue weighted by molar-refractivity contribution is -0.167. The number of unbranched alkanes of at least 4 members (excludes halogenated alkanes) is 59. The molecule has 0 radical (unpaired) electrons. The molecular weight excluding hydrogens is 985 g/mol. The van der Waals surface area contributed by atoms with Crippen molar-refractivity contribution in [3.63, 3.8) is 0 Å². The van der Waals surface area contributed by atoms with Crippen molar-refractivity contribution in [3.8, 4) is 0 Å². The lowest BCUT2D eigenvalue weighted by Crippen LogP contribution is -2.30. The Morgan fingerprint density at radius 1 is 0.200 bits per heavy atom. The van der Waals surface area contributed by atoms with Gasteiger partial charge < -0.3 is 14.2 Å². The van der Waals surface area contributed by atoms with Crippen LogP contribution in [0.4, 0.5) is 0 Å². The molecule has 0 amide bonds. The highest BCUT2D eigenvalue weighted by molar-refractivity contribution is 5.71. The fraction of sp³-hybridized carbons (Fsp3) is 0.959. The Morgan fingerprint density at radius 3 is 0.500 bits per heavy atom. The third-order valence-corrected chi connectivity index (χ3v) is 17.4. The third kappa shape index (κ3) is 67.2. The van der Waals surface area contributed by atoms with Gasteiger partial charge in [-0.1, -0.05) is 400 Å². The second-order valence-electron chi connectivity index (χ2n) is 25.6.